The summed E-state index contributed by atoms with van der Waals surface area (Å²) >= 11 is 10.4. The van der Waals surface area contributed by atoms with E-state index in [0.29, 0.717) is 25.0 Å². The van der Waals surface area contributed by atoms with Gasteiger partial charge in [0.05, 0.1) is 18.6 Å². The molecule has 1 aromatic carbocycles. The van der Waals surface area contributed by atoms with Crippen LogP contribution < -0.4 is 9.47 Å². The first-order valence-electron chi connectivity index (χ1n) is 7.40. The van der Waals surface area contributed by atoms with Crippen molar-refractivity contribution in [2.75, 3.05) is 13.2 Å². The van der Waals surface area contributed by atoms with Crippen molar-refractivity contribution in [3.63, 3.8) is 0 Å². The number of alkyl halides is 1. The number of rotatable bonds is 2. The molecule has 1 fully saturated rings. The van der Waals surface area contributed by atoms with Gasteiger partial charge in [-0.1, -0.05) is 35.7 Å². The molecule has 1 aliphatic heterocycles. The second kappa shape index (κ2) is 6.15. The summed E-state index contributed by atoms with van der Waals surface area (Å²) in [7, 11) is 0. The van der Waals surface area contributed by atoms with E-state index in [-0.39, 0.29) is 5.38 Å². The number of halogens is 2. The Balaban J connectivity index is 1.91. The van der Waals surface area contributed by atoms with Gasteiger partial charge in [-0.25, -0.2) is 0 Å². The minimum atomic E-state index is 0.0408. The zero-order valence-corrected chi connectivity index (χ0v) is 14.0. The molecule has 0 bridgehead atoms. The van der Waals surface area contributed by atoms with Crippen LogP contribution in [0.3, 0.4) is 0 Å². The SMILES string of the molecule is CC1CCCC1C(Cl)c1cc2c(cc1Br)OCCCO2. The fraction of sp³-hybridized carbons (Fsp3) is 0.625. The Bertz CT molecular complexity index is 492. The van der Waals surface area contributed by atoms with E-state index in [2.05, 4.69) is 28.9 Å². The molecule has 0 saturated heterocycles. The molecular weight excluding hydrogens is 340 g/mol. The quantitative estimate of drug-likeness (QED) is 0.665. The first-order valence-corrected chi connectivity index (χ1v) is 8.63. The lowest BCUT2D eigenvalue weighted by atomic mass is 9.90. The Morgan fingerprint density at radius 1 is 1.15 bits per heavy atom. The van der Waals surface area contributed by atoms with Crippen molar-refractivity contribution in [3.8, 4) is 11.5 Å². The maximum atomic E-state index is 6.77. The standard InChI is InChI=1S/C16H20BrClO2/c1-10-4-2-5-11(10)16(18)12-8-14-15(9-13(12)17)20-7-3-6-19-14/h8-11,16H,2-7H2,1H3. The van der Waals surface area contributed by atoms with Crippen LogP contribution >= 0.6 is 27.5 Å². The van der Waals surface area contributed by atoms with Crippen LogP contribution in [0.5, 0.6) is 11.5 Å². The summed E-state index contributed by atoms with van der Waals surface area (Å²) in [4.78, 5) is 0. The van der Waals surface area contributed by atoms with Gasteiger partial charge in [0.25, 0.3) is 0 Å². The molecule has 4 heteroatoms. The van der Waals surface area contributed by atoms with Crippen LogP contribution in [0.15, 0.2) is 16.6 Å². The lowest BCUT2D eigenvalue weighted by molar-refractivity contribution is 0.297. The van der Waals surface area contributed by atoms with Crippen molar-refractivity contribution < 1.29 is 9.47 Å². The second-order valence-corrected chi connectivity index (χ2v) is 7.17. The molecule has 2 nitrogen and oxygen atoms in total. The van der Waals surface area contributed by atoms with Crippen molar-refractivity contribution in [2.24, 2.45) is 11.8 Å². The molecule has 0 N–H and O–H groups in total. The predicted octanol–water partition coefficient (Wildman–Crippen LogP) is 5.33. The second-order valence-electron chi connectivity index (χ2n) is 5.84. The Labute approximate surface area is 133 Å². The first kappa shape index (κ1) is 14.5. The van der Waals surface area contributed by atoms with Gasteiger partial charge >= 0.3 is 0 Å². The zero-order valence-electron chi connectivity index (χ0n) is 11.7. The van der Waals surface area contributed by atoms with E-state index in [9.17, 15) is 0 Å². The molecule has 3 atom stereocenters. The minimum absolute atomic E-state index is 0.0408. The minimum Gasteiger partial charge on any atom is -0.490 e. The van der Waals surface area contributed by atoms with Crippen LogP contribution in [-0.4, -0.2) is 13.2 Å². The average molecular weight is 360 g/mol. The fourth-order valence-corrected chi connectivity index (χ4v) is 4.51. The molecule has 1 heterocycles. The van der Waals surface area contributed by atoms with E-state index >= 15 is 0 Å². The maximum absolute atomic E-state index is 6.77. The normalized spacial score (nSPS) is 27.1. The third-order valence-corrected chi connectivity index (χ3v) is 5.71. The molecule has 0 spiro atoms. The Morgan fingerprint density at radius 3 is 2.50 bits per heavy atom. The fourth-order valence-electron chi connectivity index (χ4n) is 3.25. The van der Waals surface area contributed by atoms with Gasteiger partial charge in [0.2, 0.25) is 0 Å². The topological polar surface area (TPSA) is 18.5 Å². The van der Waals surface area contributed by atoms with Gasteiger partial charge < -0.3 is 9.47 Å². The van der Waals surface area contributed by atoms with E-state index < -0.39 is 0 Å². The summed E-state index contributed by atoms with van der Waals surface area (Å²) in [5.41, 5.74) is 1.13. The highest BCUT2D eigenvalue weighted by Gasteiger charge is 2.32. The van der Waals surface area contributed by atoms with Gasteiger partial charge in [-0.3, -0.25) is 0 Å². The van der Waals surface area contributed by atoms with E-state index in [4.69, 9.17) is 21.1 Å². The van der Waals surface area contributed by atoms with Crippen LogP contribution in [-0.2, 0) is 0 Å². The number of hydrogen-bond acceptors (Lipinski definition) is 2. The molecule has 1 aliphatic carbocycles. The van der Waals surface area contributed by atoms with Crippen LogP contribution in [0.25, 0.3) is 0 Å². The summed E-state index contributed by atoms with van der Waals surface area (Å²) in [6.07, 6.45) is 4.72. The van der Waals surface area contributed by atoms with E-state index in [1.807, 2.05) is 6.07 Å². The first-order chi connectivity index (χ1) is 9.66. The summed E-state index contributed by atoms with van der Waals surface area (Å²) in [6.45, 7) is 3.73. The van der Waals surface area contributed by atoms with Gasteiger partial charge in [-0.05, 0) is 36.0 Å². The summed E-state index contributed by atoms with van der Waals surface area (Å²) in [5.74, 6) is 2.90. The summed E-state index contributed by atoms with van der Waals surface area (Å²) in [6, 6.07) is 4.07. The van der Waals surface area contributed by atoms with Crippen LogP contribution in [0.1, 0.15) is 43.5 Å². The molecule has 20 heavy (non-hydrogen) atoms. The molecule has 1 saturated carbocycles. The van der Waals surface area contributed by atoms with Crippen molar-refractivity contribution in [2.45, 2.75) is 38.0 Å². The van der Waals surface area contributed by atoms with Crippen LogP contribution in [0, 0.1) is 11.8 Å². The third-order valence-electron chi connectivity index (χ3n) is 4.47. The smallest absolute Gasteiger partial charge is 0.162 e. The predicted molar refractivity (Wildman–Crippen MR) is 84.8 cm³/mol. The Hall–Kier alpha value is -0.410. The van der Waals surface area contributed by atoms with E-state index in [0.717, 1.165) is 28.0 Å². The monoisotopic (exact) mass is 358 g/mol. The largest absolute Gasteiger partial charge is 0.490 e. The average Bonchev–Trinajstić information content (AvgIpc) is 2.72. The van der Waals surface area contributed by atoms with Crippen molar-refractivity contribution in [1.29, 1.82) is 0 Å². The molecule has 0 amide bonds. The number of fused-ring (bicyclic) bond motifs is 1. The third kappa shape index (κ3) is 2.80. The molecule has 0 aromatic heterocycles. The van der Waals surface area contributed by atoms with E-state index in [1.54, 1.807) is 0 Å². The lowest BCUT2D eigenvalue weighted by Crippen LogP contribution is -2.11. The van der Waals surface area contributed by atoms with Gasteiger partial charge in [-0.15, -0.1) is 11.6 Å². The highest BCUT2D eigenvalue weighted by molar-refractivity contribution is 9.10. The highest BCUT2D eigenvalue weighted by atomic mass is 79.9. The number of ether oxygens (including phenoxy) is 2. The van der Waals surface area contributed by atoms with Crippen LogP contribution in [0.2, 0.25) is 0 Å². The maximum Gasteiger partial charge on any atom is 0.162 e. The highest BCUT2D eigenvalue weighted by Crippen LogP contribution is 2.47. The Morgan fingerprint density at radius 2 is 1.85 bits per heavy atom. The van der Waals surface area contributed by atoms with Gasteiger partial charge in [0.15, 0.2) is 11.5 Å². The molecule has 2 aliphatic rings. The number of benzene rings is 1. The van der Waals surface area contributed by atoms with Crippen molar-refractivity contribution in [3.05, 3.63) is 22.2 Å². The Kier molecular flexibility index (Phi) is 4.46. The molecule has 1 aromatic rings. The molecule has 3 unspecified atom stereocenters. The number of hydrogen-bond donors (Lipinski definition) is 0. The molecule has 3 rings (SSSR count). The molecule has 110 valence electrons. The van der Waals surface area contributed by atoms with E-state index in [1.165, 1.54) is 19.3 Å². The lowest BCUT2D eigenvalue weighted by Gasteiger charge is -2.23. The zero-order chi connectivity index (χ0) is 14.1. The molecular formula is C16H20BrClO2. The molecule has 0 radical (unpaired) electrons. The van der Waals surface area contributed by atoms with Gasteiger partial charge in [-0.2, -0.15) is 0 Å². The van der Waals surface area contributed by atoms with Crippen molar-refractivity contribution >= 4 is 27.5 Å². The van der Waals surface area contributed by atoms with Crippen molar-refractivity contribution in [1.82, 2.24) is 0 Å². The van der Waals surface area contributed by atoms with Crippen LogP contribution in [0.4, 0.5) is 0 Å². The van der Waals surface area contributed by atoms with Gasteiger partial charge in [0, 0.05) is 10.9 Å². The summed E-state index contributed by atoms with van der Waals surface area (Å²) < 4.78 is 12.5. The van der Waals surface area contributed by atoms with Gasteiger partial charge in [0.1, 0.15) is 0 Å². The summed E-state index contributed by atoms with van der Waals surface area (Å²) in [5, 5.41) is 0.0408.